The maximum absolute atomic E-state index is 12.0. The molecule has 28 heavy (non-hydrogen) atoms. The number of pyridine rings is 1. The second-order valence-corrected chi connectivity index (χ2v) is 7.13. The molecule has 0 saturated heterocycles. The Hall–Kier alpha value is -2.64. The van der Waals surface area contributed by atoms with Gasteiger partial charge in [-0.15, -0.1) is 0 Å². The fraction of sp³-hybridized carbons (Fsp3) is 0.600. The number of rotatable bonds is 9. The number of aromatic nitrogens is 1. The summed E-state index contributed by atoms with van der Waals surface area (Å²) in [7, 11) is 0. The molecule has 1 amide bonds. The minimum absolute atomic E-state index is 0.213. The van der Waals surface area contributed by atoms with Crippen LogP contribution in [0, 0.1) is 5.92 Å². The third kappa shape index (κ3) is 8.83. The monoisotopic (exact) mass is 394 g/mol. The molecular weight excluding hydrogens is 364 g/mol. The summed E-state index contributed by atoms with van der Waals surface area (Å²) < 4.78 is 15.1. The van der Waals surface area contributed by atoms with E-state index in [0.717, 1.165) is 5.56 Å². The van der Waals surface area contributed by atoms with E-state index in [1.165, 1.54) is 0 Å². The number of amides is 1. The molecule has 8 nitrogen and oxygen atoms in total. The first kappa shape index (κ1) is 23.4. The molecule has 0 spiro atoms. The van der Waals surface area contributed by atoms with Gasteiger partial charge in [0, 0.05) is 6.20 Å². The number of carbonyl (C=O) groups is 3. The summed E-state index contributed by atoms with van der Waals surface area (Å²) in [6.45, 7) is 9.15. The van der Waals surface area contributed by atoms with Gasteiger partial charge in [-0.25, -0.2) is 9.78 Å². The number of nitrogens with one attached hydrogen (secondary N) is 1. The third-order valence-corrected chi connectivity index (χ3v) is 3.55. The van der Waals surface area contributed by atoms with Gasteiger partial charge in [-0.05, 0) is 65.5 Å². The highest BCUT2D eigenvalue weighted by atomic mass is 16.6. The van der Waals surface area contributed by atoms with Crippen molar-refractivity contribution in [3.05, 3.63) is 23.9 Å². The predicted molar refractivity (Wildman–Crippen MR) is 104 cm³/mol. The van der Waals surface area contributed by atoms with Crippen LogP contribution < -0.4 is 5.32 Å². The van der Waals surface area contributed by atoms with Crippen LogP contribution in [0.1, 0.15) is 53.0 Å². The number of anilines is 1. The number of ether oxygens (including phenoxy) is 3. The van der Waals surface area contributed by atoms with Gasteiger partial charge in [0.25, 0.3) is 0 Å². The highest BCUT2D eigenvalue weighted by Crippen LogP contribution is 2.16. The lowest BCUT2D eigenvalue weighted by atomic mass is 10.00. The zero-order valence-electron chi connectivity index (χ0n) is 17.2. The summed E-state index contributed by atoms with van der Waals surface area (Å²) in [5, 5.41) is 2.56. The molecule has 1 N–H and O–H groups in total. The largest absolute Gasteiger partial charge is 0.465 e. The number of carbonyl (C=O) groups excluding carboxylic acids is 3. The van der Waals surface area contributed by atoms with Gasteiger partial charge in [-0.2, -0.15) is 0 Å². The van der Waals surface area contributed by atoms with Crippen LogP contribution in [0.5, 0.6) is 0 Å². The smallest absolute Gasteiger partial charge is 0.413 e. The molecule has 1 aromatic heterocycles. The first-order valence-corrected chi connectivity index (χ1v) is 9.44. The first-order valence-electron chi connectivity index (χ1n) is 9.44. The van der Waals surface area contributed by atoms with Gasteiger partial charge in [0.2, 0.25) is 0 Å². The van der Waals surface area contributed by atoms with Crippen LogP contribution in [0.15, 0.2) is 18.3 Å². The molecule has 1 rings (SSSR count). The highest BCUT2D eigenvalue weighted by molar-refractivity contribution is 5.94. The Bertz CT molecular complexity index is 634. The summed E-state index contributed by atoms with van der Waals surface area (Å²) in [6, 6.07) is 3.50. The Balaban J connectivity index is 2.56. The van der Waals surface area contributed by atoms with E-state index in [4.69, 9.17) is 14.2 Å². The predicted octanol–water partition coefficient (Wildman–Crippen LogP) is 3.49. The lowest BCUT2D eigenvalue weighted by molar-refractivity contribution is -0.161. The number of esters is 2. The number of aryl methyl sites for hydroxylation is 1. The van der Waals surface area contributed by atoms with E-state index in [1.54, 1.807) is 46.9 Å². The summed E-state index contributed by atoms with van der Waals surface area (Å²) in [4.78, 5) is 39.8. The van der Waals surface area contributed by atoms with E-state index < -0.39 is 29.6 Å². The van der Waals surface area contributed by atoms with Gasteiger partial charge in [0.15, 0.2) is 5.92 Å². The second kappa shape index (κ2) is 11.3. The Morgan fingerprint density at radius 2 is 1.68 bits per heavy atom. The SMILES string of the molecule is CCOC(=O)C(CCCc1ccc(NC(=O)OC(C)(C)C)nc1)C(=O)OCC. The van der Waals surface area contributed by atoms with E-state index in [9.17, 15) is 14.4 Å². The highest BCUT2D eigenvalue weighted by Gasteiger charge is 2.28. The average molecular weight is 394 g/mol. The minimum Gasteiger partial charge on any atom is -0.465 e. The molecule has 1 heterocycles. The van der Waals surface area contributed by atoms with Crippen LogP contribution in [0.25, 0.3) is 0 Å². The second-order valence-electron chi connectivity index (χ2n) is 7.13. The van der Waals surface area contributed by atoms with Gasteiger partial charge in [-0.1, -0.05) is 6.07 Å². The van der Waals surface area contributed by atoms with E-state index in [-0.39, 0.29) is 13.2 Å². The lowest BCUT2D eigenvalue weighted by Gasteiger charge is -2.19. The standard InChI is InChI=1S/C20H30N2O6/c1-6-26-17(23)15(18(24)27-7-2)10-8-9-14-11-12-16(21-13-14)22-19(25)28-20(3,4)5/h11-13,15H,6-10H2,1-5H3,(H,21,22,25). The Morgan fingerprint density at radius 3 is 2.14 bits per heavy atom. The lowest BCUT2D eigenvalue weighted by Crippen LogP contribution is -2.28. The van der Waals surface area contributed by atoms with E-state index in [1.807, 2.05) is 6.07 Å². The van der Waals surface area contributed by atoms with E-state index in [2.05, 4.69) is 10.3 Å². The Morgan fingerprint density at radius 1 is 1.07 bits per heavy atom. The quantitative estimate of drug-likeness (QED) is 0.388. The molecule has 0 aliphatic carbocycles. The van der Waals surface area contributed by atoms with E-state index >= 15 is 0 Å². The van der Waals surface area contributed by atoms with Crippen molar-refractivity contribution in [1.82, 2.24) is 4.98 Å². The van der Waals surface area contributed by atoms with Crippen LogP contribution in [-0.4, -0.2) is 41.8 Å². The van der Waals surface area contributed by atoms with Gasteiger partial charge < -0.3 is 14.2 Å². The molecule has 0 aromatic carbocycles. The number of nitrogens with zero attached hydrogens (tertiary/aromatic N) is 1. The molecule has 8 heteroatoms. The molecule has 156 valence electrons. The van der Waals surface area contributed by atoms with Crippen LogP contribution in [0.2, 0.25) is 0 Å². The summed E-state index contributed by atoms with van der Waals surface area (Å²) >= 11 is 0. The van der Waals surface area contributed by atoms with Crippen LogP contribution in [0.4, 0.5) is 10.6 Å². The van der Waals surface area contributed by atoms with Crippen molar-refractivity contribution in [3.63, 3.8) is 0 Å². The topological polar surface area (TPSA) is 104 Å². The molecule has 0 unspecified atom stereocenters. The molecule has 0 fully saturated rings. The molecule has 0 radical (unpaired) electrons. The zero-order valence-corrected chi connectivity index (χ0v) is 17.2. The molecule has 0 atom stereocenters. The third-order valence-electron chi connectivity index (χ3n) is 3.55. The van der Waals surface area contributed by atoms with Gasteiger partial charge in [0.1, 0.15) is 11.4 Å². The maximum atomic E-state index is 12.0. The zero-order chi connectivity index (χ0) is 21.2. The maximum Gasteiger partial charge on any atom is 0.413 e. The van der Waals surface area contributed by atoms with Crippen molar-refractivity contribution >= 4 is 23.8 Å². The summed E-state index contributed by atoms with van der Waals surface area (Å²) in [5.74, 6) is -1.65. The van der Waals surface area contributed by atoms with Crippen LogP contribution >= 0.6 is 0 Å². The van der Waals surface area contributed by atoms with Crippen LogP contribution in [0.3, 0.4) is 0 Å². The van der Waals surface area contributed by atoms with Crippen molar-refractivity contribution in [2.24, 2.45) is 5.92 Å². The van der Waals surface area contributed by atoms with E-state index in [0.29, 0.717) is 25.1 Å². The van der Waals surface area contributed by atoms with Crippen molar-refractivity contribution < 1.29 is 28.6 Å². The number of hydrogen-bond donors (Lipinski definition) is 1. The first-order chi connectivity index (χ1) is 13.2. The Kier molecular flexibility index (Phi) is 9.41. The normalized spacial score (nSPS) is 11.1. The molecule has 0 aliphatic rings. The minimum atomic E-state index is -0.916. The number of hydrogen-bond acceptors (Lipinski definition) is 7. The van der Waals surface area contributed by atoms with Gasteiger partial charge in [0.05, 0.1) is 13.2 Å². The molecule has 0 saturated carbocycles. The molecule has 0 bridgehead atoms. The fourth-order valence-corrected chi connectivity index (χ4v) is 2.38. The fourth-order valence-electron chi connectivity index (χ4n) is 2.38. The Labute approximate surface area is 166 Å². The van der Waals surface area contributed by atoms with Crippen molar-refractivity contribution in [1.29, 1.82) is 0 Å². The summed E-state index contributed by atoms with van der Waals surface area (Å²) in [6.07, 6.45) is 2.60. The van der Waals surface area contributed by atoms with Crippen molar-refractivity contribution in [2.45, 2.75) is 59.5 Å². The van der Waals surface area contributed by atoms with Crippen molar-refractivity contribution in [2.75, 3.05) is 18.5 Å². The van der Waals surface area contributed by atoms with Gasteiger partial charge >= 0.3 is 18.0 Å². The molecular formula is C20H30N2O6. The summed E-state index contributed by atoms with van der Waals surface area (Å²) in [5.41, 5.74) is 0.333. The molecule has 1 aromatic rings. The van der Waals surface area contributed by atoms with Crippen LogP contribution in [-0.2, 0) is 30.2 Å². The van der Waals surface area contributed by atoms with Crippen molar-refractivity contribution in [3.8, 4) is 0 Å². The van der Waals surface area contributed by atoms with Gasteiger partial charge in [-0.3, -0.25) is 14.9 Å². The molecule has 0 aliphatic heterocycles. The average Bonchev–Trinajstić information content (AvgIpc) is 2.58.